The Bertz CT molecular complexity index is 758. The van der Waals surface area contributed by atoms with Crippen molar-refractivity contribution in [1.29, 1.82) is 0 Å². The molecule has 0 spiro atoms. The van der Waals surface area contributed by atoms with Gasteiger partial charge in [0.25, 0.3) is 0 Å². The Morgan fingerprint density at radius 3 is 2.89 bits per heavy atom. The molecule has 2 heterocycles. The van der Waals surface area contributed by atoms with Gasteiger partial charge in [-0.2, -0.15) is 9.97 Å². The van der Waals surface area contributed by atoms with Crippen LogP contribution in [0.15, 0.2) is 24.5 Å². The Kier molecular flexibility index (Phi) is 2.96. The van der Waals surface area contributed by atoms with Crippen molar-refractivity contribution in [3.63, 3.8) is 0 Å². The van der Waals surface area contributed by atoms with Gasteiger partial charge in [-0.3, -0.25) is 0 Å². The normalized spacial score (nSPS) is 10.9. The molecule has 0 bridgehead atoms. The molecule has 0 saturated carbocycles. The van der Waals surface area contributed by atoms with E-state index in [0.29, 0.717) is 22.0 Å². The van der Waals surface area contributed by atoms with E-state index in [0.717, 1.165) is 0 Å². The lowest BCUT2D eigenvalue weighted by molar-refractivity contribution is 0.632. The van der Waals surface area contributed by atoms with Gasteiger partial charge in [-0.05, 0) is 29.8 Å². The van der Waals surface area contributed by atoms with Crippen LogP contribution in [-0.2, 0) is 0 Å². The number of H-pyrrole nitrogens is 1. The SMILES string of the molecule is Fc1ccc(Cl)cc1Nc1nc(Cl)nc2nc[nH]c12. The lowest BCUT2D eigenvalue weighted by atomic mass is 10.3. The number of aromatic amines is 1. The predicted molar refractivity (Wildman–Crippen MR) is 71.4 cm³/mol. The summed E-state index contributed by atoms with van der Waals surface area (Å²) in [6.45, 7) is 0. The van der Waals surface area contributed by atoms with Gasteiger partial charge in [-0.1, -0.05) is 11.6 Å². The summed E-state index contributed by atoms with van der Waals surface area (Å²) in [6, 6.07) is 4.17. The van der Waals surface area contributed by atoms with Crippen LogP contribution in [0.2, 0.25) is 10.3 Å². The second-order valence-corrected chi connectivity index (χ2v) is 4.47. The van der Waals surface area contributed by atoms with Gasteiger partial charge in [0.05, 0.1) is 12.0 Å². The summed E-state index contributed by atoms with van der Waals surface area (Å²) in [5, 5.41) is 3.24. The van der Waals surface area contributed by atoms with Gasteiger partial charge in [0, 0.05) is 5.02 Å². The standard InChI is InChI=1S/C11H6Cl2FN5/c12-5-1-2-6(14)7(3-5)17-10-8-9(16-4-15-8)18-11(13)19-10/h1-4H,(H2,15,16,17,18,19). The van der Waals surface area contributed by atoms with Crippen LogP contribution in [0.1, 0.15) is 0 Å². The second kappa shape index (κ2) is 4.64. The number of fused-ring (bicyclic) bond motifs is 1. The van der Waals surface area contributed by atoms with Crippen LogP contribution < -0.4 is 5.32 Å². The Labute approximate surface area is 116 Å². The highest BCUT2D eigenvalue weighted by atomic mass is 35.5. The zero-order chi connectivity index (χ0) is 13.4. The van der Waals surface area contributed by atoms with Crippen LogP contribution in [0.5, 0.6) is 0 Å². The average Bonchev–Trinajstić information content (AvgIpc) is 2.82. The molecular formula is C11H6Cl2FN5. The molecule has 0 saturated heterocycles. The fourth-order valence-electron chi connectivity index (χ4n) is 1.62. The van der Waals surface area contributed by atoms with Gasteiger partial charge < -0.3 is 10.3 Å². The van der Waals surface area contributed by atoms with Crippen LogP contribution in [0.4, 0.5) is 15.9 Å². The Hall–Kier alpha value is -1.92. The Morgan fingerprint density at radius 2 is 2.05 bits per heavy atom. The molecule has 3 rings (SSSR count). The van der Waals surface area contributed by atoms with Gasteiger partial charge in [0.1, 0.15) is 11.3 Å². The first-order valence-corrected chi connectivity index (χ1v) is 5.98. The zero-order valence-electron chi connectivity index (χ0n) is 9.28. The fourth-order valence-corrected chi connectivity index (χ4v) is 1.95. The number of halogens is 3. The van der Waals surface area contributed by atoms with Crippen molar-refractivity contribution in [3.8, 4) is 0 Å². The van der Waals surface area contributed by atoms with Crippen molar-refractivity contribution in [1.82, 2.24) is 19.9 Å². The van der Waals surface area contributed by atoms with E-state index in [1.54, 1.807) is 0 Å². The number of rotatable bonds is 2. The lowest BCUT2D eigenvalue weighted by Gasteiger charge is -2.08. The van der Waals surface area contributed by atoms with E-state index in [1.165, 1.54) is 24.5 Å². The van der Waals surface area contributed by atoms with E-state index < -0.39 is 5.82 Å². The molecule has 0 fully saturated rings. The van der Waals surface area contributed by atoms with Crippen LogP contribution in [0.25, 0.3) is 11.2 Å². The van der Waals surface area contributed by atoms with Crippen LogP contribution >= 0.6 is 23.2 Å². The number of hydrogen-bond acceptors (Lipinski definition) is 4. The Morgan fingerprint density at radius 1 is 1.21 bits per heavy atom. The summed E-state index contributed by atoms with van der Waals surface area (Å²) in [5.41, 5.74) is 1.12. The van der Waals surface area contributed by atoms with Crippen molar-refractivity contribution in [3.05, 3.63) is 40.6 Å². The third-order valence-electron chi connectivity index (χ3n) is 2.44. The highest BCUT2D eigenvalue weighted by Gasteiger charge is 2.11. The largest absolute Gasteiger partial charge is 0.340 e. The number of nitrogens with one attached hydrogen (secondary N) is 2. The maximum Gasteiger partial charge on any atom is 0.226 e. The summed E-state index contributed by atoms with van der Waals surface area (Å²) in [6.07, 6.45) is 1.45. The third-order valence-corrected chi connectivity index (χ3v) is 2.84. The summed E-state index contributed by atoms with van der Waals surface area (Å²) in [7, 11) is 0. The fraction of sp³-hybridized carbons (Fsp3) is 0. The minimum atomic E-state index is -0.452. The molecule has 3 aromatic rings. The number of imidazole rings is 1. The van der Waals surface area contributed by atoms with E-state index in [-0.39, 0.29) is 11.0 Å². The molecule has 0 aliphatic rings. The van der Waals surface area contributed by atoms with Crippen LogP contribution in [0, 0.1) is 5.82 Å². The number of benzene rings is 1. The quantitative estimate of drug-likeness (QED) is 0.710. The number of anilines is 2. The molecule has 0 radical (unpaired) electrons. The first-order chi connectivity index (χ1) is 9.13. The van der Waals surface area contributed by atoms with Gasteiger partial charge in [0.15, 0.2) is 11.5 Å². The minimum Gasteiger partial charge on any atom is -0.340 e. The van der Waals surface area contributed by atoms with Gasteiger partial charge >= 0.3 is 0 Å². The van der Waals surface area contributed by atoms with E-state index in [2.05, 4.69) is 25.3 Å². The smallest absolute Gasteiger partial charge is 0.226 e. The molecule has 0 aliphatic carbocycles. The molecule has 5 nitrogen and oxygen atoms in total. The molecular weight excluding hydrogens is 292 g/mol. The van der Waals surface area contributed by atoms with E-state index >= 15 is 0 Å². The van der Waals surface area contributed by atoms with Crippen molar-refractivity contribution >= 4 is 45.9 Å². The number of nitrogens with zero attached hydrogens (tertiary/aromatic N) is 3. The minimum absolute atomic E-state index is 0.0181. The molecule has 19 heavy (non-hydrogen) atoms. The van der Waals surface area contributed by atoms with Gasteiger partial charge in [0.2, 0.25) is 5.28 Å². The average molecular weight is 298 g/mol. The molecule has 0 unspecified atom stereocenters. The third kappa shape index (κ3) is 2.32. The highest BCUT2D eigenvalue weighted by molar-refractivity contribution is 6.31. The molecule has 0 amide bonds. The van der Waals surface area contributed by atoms with Crippen molar-refractivity contribution in [2.24, 2.45) is 0 Å². The highest BCUT2D eigenvalue weighted by Crippen LogP contribution is 2.26. The first-order valence-electron chi connectivity index (χ1n) is 5.22. The number of aromatic nitrogens is 4. The molecule has 0 aliphatic heterocycles. The van der Waals surface area contributed by atoms with Gasteiger partial charge in [-0.25, -0.2) is 9.37 Å². The molecule has 2 N–H and O–H groups in total. The topological polar surface area (TPSA) is 66.5 Å². The summed E-state index contributed by atoms with van der Waals surface area (Å²) >= 11 is 11.6. The van der Waals surface area contributed by atoms with E-state index in [9.17, 15) is 4.39 Å². The van der Waals surface area contributed by atoms with Crippen LogP contribution in [-0.4, -0.2) is 19.9 Å². The molecule has 0 atom stereocenters. The maximum absolute atomic E-state index is 13.7. The van der Waals surface area contributed by atoms with Crippen molar-refractivity contribution in [2.75, 3.05) is 5.32 Å². The second-order valence-electron chi connectivity index (χ2n) is 3.69. The van der Waals surface area contributed by atoms with Crippen LogP contribution in [0.3, 0.4) is 0 Å². The maximum atomic E-state index is 13.7. The summed E-state index contributed by atoms with van der Waals surface area (Å²) in [5.74, 6) is -0.125. The molecule has 2 aromatic heterocycles. The van der Waals surface area contributed by atoms with E-state index in [4.69, 9.17) is 23.2 Å². The summed E-state index contributed by atoms with van der Waals surface area (Å²) in [4.78, 5) is 14.8. The predicted octanol–water partition coefficient (Wildman–Crippen LogP) is 3.54. The zero-order valence-corrected chi connectivity index (χ0v) is 10.8. The van der Waals surface area contributed by atoms with Crippen molar-refractivity contribution < 1.29 is 4.39 Å². The number of hydrogen-bond donors (Lipinski definition) is 2. The van der Waals surface area contributed by atoms with E-state index in [1.807, 2.05) is 0 Å². The molecule has 1 aromatic carbocycles. The monoisotopic (exact) mass is 297 g/mol. The first kappa shape index (κ1) is 12.1. The lowest BCUT2D eigenvalue weighted by Crippen LogP contribution is -1.99. The summed E-state index contributed by atoms with van der Waals surface area (Å²) < 4.78 is 13.7. The molecule has 96 valence electrons. The Balaban J connectivity index is 2.10. The molecule has 8 heteroatoms. The van der Waals surface area contributed by atoms with Gasteiger partial charge in [-0.15, -0.1) is 0 Å². The van der Waals surface area contributed by atoms with Crippen molar-refractivity contribution in [2.45, 2.75) is 0 Å².